The van der Waals surface area contributed by atoms with Crippen molar-refractivity contribution in [3.8, 4) is 11.4 Å². The fourth-order valence-corrected chi connectivity index (χ4v) is 5.32. The highest BCUT2D eigenvalue weighted by molar-refractivity contribution is 7.92. The van der Waals surface area contributed by atoms with Gasteiger partial charge in [0.25, 0.3) is 15.6 Å². The molecule has 1 fully saturated rings. The standard InChI is InChI=1S/C23H16F5N3O5S/c1-35-19-8-13(12-7-14(12)23(26,27)28)15(24)9-18(19)31-17-10-16(25)20(6-11(17)2-3-22(31)32)37(33,34)30-21-4-5-36-29-21/h2-6,8-10,12,14H,7H2,1H3,(H,29,30)/t12?,14-/m1/s1. The third-order valence-corrected chi connectivity index (χ3v) is 7.43. The quantitative estimate of drug-likeness (QED) is 0.354. The molecule has 8 nitrogen and oxygen atoms in total. The number of rotatable bonds is 6. The monoisotopic (exact) mass is 541 g/mol. The third-order valence-electron chi connectivity index (χ3n) is 6.06. The van der Waals surface area contributed by atoms with Crippen LogP contribution in [0.25, 0.3) is 16.6 Å². The summed E-state index contributed by atoms with van der Waals surface area (Å²) in [6.07, 6.45) is -3.65. The first-order valence-corrected chi connectivity index (χ1v) is 12.1. The summed E-state index contributed by atoms with van der Waals surface area (Å²) < 4.78 is 107. The number of anilines is 1. The second-order valence-electron chi connectivity index (χ2n) is 8.37. The summed E-state index contributed by atoms with van der Waals surface area (Å²) in [6, 6.07) is 7.18. The maximum Gasteiger partial charge on any atom is 0.392 e. The summed E-state index contributed by atoms with van der Waals surface area (Å²) in [4.78, 5) is 12.0. The molecule has 2 heterocycles. The molecule has 1 unspecified atom stereocenters. The molecule has 4 aromatic rings. The predicted octanol–water partition coefficient (Wildman–Crippen LogP) is 4.73. The Labute approximate surface area is 205 Å². The van der Waals surface area contributed by atoms with Crippen molar-refractivity contribution in [3.05, 3.63) is 76.3 Å². The van der Waals surface area contributed by atoms with Crippen LogP contribution in [0.15, 0.2) is 62.9 Å². The van der Waals surface area contributed by atoms with Gasteiger partial charge in [-0.2, -0.15) is 13.2 Å². The Morgan fingerprint density at radius 2 is 1.86 bits per heavy atom. The molecule has 0 spiro atoms. The van der Waals surface area contributed by atoms with E-state index in [4.69, 9.17) is 4.74 Å². The number of ether oxygens (including phenoxy) is 1. The minimum atomic E-state index is -4.48. The molecule has 37 heavy (non-hydrogen) atoms. The molecule has 1 aliphatic rings. The van der Waals surface area contributed by atoms with Gasteiger partial charge in [0.15, 0.2) is 5.82 Å². The fraction of sp³-hybridized carbons (Fsp3) is 0.217. The van der Waals surface area contributed by atoms with E-state index in [2.05, 4.69) is 9.68 Å². The molecular formula is C23H16F5N3O5S. The second kappa shape index (κ2) is 8.57. The molecule has 0 saturated heterocycles. The van der Waals surface area contributed by atoms with Crippen LogP contribution in [-0.4, -0.2) is 31.4 Å². The van der Waals surface area contributed by atoms with Gasteiger partial charge in [0.05, 0.1) is 24.2 Å². The van der Waals surface area contributed by atoms with Crippen molar-refractivity contribution >= 4 is 26.7 Å². The van der Waals surface area contributed by atoms with Crippen LogP contribution in [0.3, 0.4) is 0 Å². The van der Waals surface area contributed by atoms with E-state index in [0.29, 0.717) is 0 Å². The Kier molecular flexibility index (Phi) is 5.73. The van der Waals surface area contributed by atoms with E-state index >= 15 is 8.78 Å². The molecule has 0 radical (unpaired) electrons. The number of benzene rings is 2. The number of halogens is 5. The van der Waals surface area contributed by atoms with Gasteiger partial charge in [0, 0.05) is 29.7 Å². The lowest BCUT2D eigenvalue weighted by Crippen LogP contribution is -2.20. The Morgan fingerprint density at radius 3 is 2.49 bits per heavy atom. The van der Waals surface area contributed by atoms with E-state index in [1.165, 1.54) is 19.2 Å². The zero-order chi connectivity index (χ0) is 26.7. The number of sulfonamides is 1. The number of pyridine rings is 1. The van der Waals surface area contributed by atoms with Crippen molar-refractivity contribution in [2.45, 2.75) is 23.4 Å². The first-order valence-electron chi connectivity index (χ1n) is 10.6. The number of hydrogen-bond donors (Lipinski definition) is 1. The third kappa shape index (κ3) is 4.41. The van der Waals surface area contributed by atoms with E-state index < -0.39 is 50.1 Å². The lowest BCUT2D eigenvalue weighted by Gasteiger charge is -2.17. The molecule has 1 saturated carbocycles. The largest absolute Gasteiger partial charge is 0.495 e. The maximum absolute atomic E-state index is 15.1. The number of hydrogen-bond acceptors (Lipinski definition) is 6. The zero-order valence-corrected chi connectivity index (χ0v) is 19.5. The lowest BCUT2D eigenvalue weighted by atomic mass is 10.1. The molecule has 194 valence electrons. The zero-order valence-electron chi connectivity index (χ0n) is 18.7. The Bertz CT molecular complexity index is 1680. The van der Waals surface area contributed by atoms with E-state index in [-0.39, 0.29) is 40.1 Å². The van der Waals surface area contributed by atoms with Gasteiger partial charge in [-0.1, -0.05) is 5.16 Å². The molecule has 0 bridgehead atoms. The second-order valence-corrected chi connectivity index (χ2v) is 10.0. The van der Waals surface area contributed by atoms with Gasteiger partial charge in [0.1, 0.15) is 28.5 Å². The summed E-state index contributed by atoms with van der Waals surface area (Å²) in [6.45, 7) is 0. The number of methoxy groups -OCH3 is 1. The van der Waals surface area contributed by atoms with Gasteiger partial charge in [-0.15, -0.1) is 0 Å². The highest BCUT2D eigenvalue weighted by atomic mass is 32.2. The summed E-state index contributed by atoms with van der Waals surface area (Å²) >= 11 is 0. The van der Waals surface area contributed by atoms with Crippen LogP contribution in [0.1, 0.15) is 17.9 Å². The smallest absolute Gasteiger partial charge is 0.392 e. The SMILES string of the molecule is COc1cc(C2C[C@H]2C(F)(F)F)c(F)cc1-n1c(=O)ccc2cc(S(=O)(=O)Nc3ccon3)c(F)cc21. The topological polar surface area (TPSA) is 103 Å². The van der Waals surface area contributed by atoms with Crippen molar-refractivity contribution in [2.24, 2.45) is 5.92 Å². The molecule has 2 atom stereocenters. The Morgan fingerprint density at radius 1 is 1.11 bits per heavy atom. The van der Waals surface area contributed by atoms with Gasteiger partial charge in [0.2, 0.25) is 0 Å². The van der Waals surface area contributed by atoms with Crippen molar-refractivity contribution < 1.29 is 39.6 Å². The average molecular weight is 541 g/mol. The number of nitrogens with zero attached hydrogens (tertiary/aromatic N) is 2. The minimum absolute atomic E-state index is 0.0902. The molecule has 14 heteroatoms. The summed E-state index contributed by atoms with van der Waals surface area (Å²) in [5, 5.41) is 3.50. The van der Waals surface area contributed by atoms with Gasteiger partial charge >= 0.3 is 6.18 Å². The van der Waals surface area contributed by atoms with Crippen LogP contribution in [0, 0.1) is 17.6 Å². The molecule has 1 N–H and O–H groups in total. The van der Waals surface area contributed by atoms with Crippen molar-refractivity contribution in [1.29, 1.82) is 0 Å². The molecular weight excluding hydrogens is 525 g/mol. The first kappa shape index (κ1) is 24.7. The number of alkyl halides is 3. The highest BCUT2D eigenvalue weighted by Crippen LogP contribution is 2.57. The molecule has 0 aliphatic heterocycles. The highest BCUT2D eigenvalue weighted by Gasteiger charge is 2.57. The number of nitrogens with one attached hydrogen (secondary N) is 1. The van der Waals surface area contributed by atoms with Crippen LogP contribution in [-0.2, 0) is 10.0 Å². The van der Waals surface area contributed by atoms with Gasteiger partial charge in [-0.25, -0.2) is 17.2 Å². The van der Waals surface area contributed by atoms with Crippen LogP contribution in [0.4, 0.5) is 27.8 Å². The summed E-state index contributed by atoms with van der Waals surface area (Å²) in [7, 11) is -3.26. The molecule has 2 aromatic carbocycles. The van der Waals surface area contributed by atoms with E-state index in [1.807, 2.05) is 4.72 Å². The van der Waals surface area contributed by atoms with E-state index in [1.54, 1.807) is 0 Å². The summed E-state index contributed by atoms with van der Waals surface area (Å²) in [5.74, 6) is -5.30. The van der Waals surface area contributed by atoms with Crippen LogP contribution in [0.5, 0.6) is 5.75 Å². The van der Waals surface area contributed by atoms with Gasteiger partial charge in [-0.3, -0.25) is 14.1 Å². The van der Waals surface area contributed by atoms with Crippen LogP contribution >= 0.6 is 0 Å². The Balaban J connectivity index is 1.63. The van der Waals surface area contributed by atoms with Gasteiger partial charge < -0.3 is 9.26 Å². The predicted molar refractivity (Wildman–Crippen MR) is 120 cm³/mol. The Hall–Kier alpha value is -3.94. The van der Waals surface area contributed by atoms with E-state index in [9.17, 15) is 26.4 Å². The van der Waals surface area contributed by atoms with Crippen molar-refractivity contribution in [2.75, 3.05) is 11.8 Å². The minimum Gasteiger partial charge on any atom is -0.495 e. The molecule has 0 amide bonds. The molecule has 2 aromatic heterocycles. The molecule has 5 rings (SSSR count). The van der Waals surface area contributed by atoms with E-state index in [0.717, 1.165) is 41.2 Å². The lowest BCUT2D eigenvalue weighted by molar-refractivity contribution is -0.148. The maximum atomic E-state index is 15.1. The number of fused-ring (bicyclic) bond motifs is 1. The fourth-order valence-electron chi connectivity index (χ4n) is 4.23. The summed E-state index contributed by atoms with van der Waals surface area (Å²) in [5.41, 5.74) is -1.28. The van der Waals surface area contributed by atoms with Crippen LogP contribution < -0.4 is 15.0 Å². The normalized spacial score (nSPS) is 17.7. The van der Waals surface area contributed by atoms with Crippen molar-refractivity contribution in [3.63, 3.8) is 0 Å². The van der Waals surface area contributed by atoms with Crippen LogP contribution in [0.2, 0.25) is 0 Å². The average Bonchev–Trinajstić information content (AvgIpc) is 3.48. The number of aromatic nitrogens is 2. The first-order chi connectivity index (χ1) is 17.4. The van der Waals surface area contributed by atoms with Gasteiger partial charge in [-0.05, 0) is 36.1 Å². The van der Waals surface area contributed by atoms with Crippen molar-refractivity contribution in [1.82, 2.24) is 9.72 Å². The molecule has 1 aliphatic carbocycles.